The summed E-state index contributed by atoms with van der Waals surface area (Å²) in [5.74, 6) is 2.52. The number of rotatable bonds is 5. The molecule has 0 atom stereocenters. The average Bonchev–Trinajstić information content (AvgIpc) is 3.03. The van der Waals surface area contributed by atoms with Crippen LogP contribution in [0.5, 0.6) is 0 Å². The van der Waals surface area contributed by atoms with E-state index < -0.39 is 0 Å². The Morgan fingerprint density at radius 2 is 1.67 bits per heavy atom. The number of benzene rings is 1. The maximum atomic E-state index is 12.4. The number of aryl methyl sites for hydroxylation is 1. The highest BCUT2D eigenvalue weighted by atomic mass is 16.1. The fourth-order valence-electron chi connectivity index (χ4n) is 7.40. The number of nitriles is 1. The van der Waals surface area contributed by atoms with Crippen molar-refractivity contribution < 1.29 is 4.79 Å². The molecule has 2 aromatic rings. The lowest BCUT2D eigenvalue weighted by Gasteiger charge is -2.57. The van der Waals surface area contributed by atoms with Gasteiger partial charge >= 0.3 is 0 Å². The third kappa shape index (κ3) is 3.92. The normalized spacial score (nSPS) is 28.2. The van der Waals surface area contributed by atoms with Crippen LogP contribution >= 0.6 is 0 Å². The second-order valence-corrected chi connectivity index (χ2v) is 11.2. The Hall–Kier alpha value is -2.80. The van der Waals surface area contributed by atoms with Crippen molar-refractivity contribution in [3.8, 4) is 11.8 Å². The molecule has 4 fully saturated rings. The lowest BCUT2D eigenvalue weighted by Crippen LogP contribution is -2.48. The zero-order valence-corrected chi connectivity index (χ0v) is 20.3. The van der Waals surface area contributed by atoms with E-state index in [1.165, 1.54) is 44.1 Å². The molecule has 0 unspecified atom stereocenters. The van der Waals surface area contributed by atoms with E-state index in [0.717, 1.165) is 40.4 Å². The predicted molar refractivity (Wildman–Crippen MR) is 132 cm³/mol. The van der Waals surface area contributed by atoms with Crippen LogP contribution in [-0.2, 0) is 10.2 Å². The van der Waals surface area contributed by atoms with Crippen LogP contribution in [0, 0.1) is 42.9 Å². The van der Waals surface area contributed by atoms with Gasteiger partial charge in [0.25, 0.3) is 5.91 Å². The zero-order chi connectivity index (χ0) is 23.3. The van der Waals surface area contributed by atoms with Gasteiger partial charge in [-0.15, -0.1) is 0 Å². The number of aromatic nitrogens is 1. The number of carbonyl (C=O) groups excluding carboxylic acids is 1. The molecule has 4 nitrogen and oxygen atoms in total. The summed E-state index contributed by atoms with van der Waals surface area (Å²) in [6.45, 7) is 7.93. The predicted octanol–water partition coefficient (Wildman–Crippen LogP) is 5.99. The highest BCUT2D eigenvalue weighted by molar-refractivity contribution is 6.02. The van der Waals surface area contributed by atoms with Crippen molar-refractivity contribution in [1.29, 1.82) is 5.26 Å². The van der Waals surface area contributed by atoms with E-state index in [1.54, 1.807) is 6.08 Å². The van der Waals surface area contributed by atoms with Crippen molar-refractivity contribution in [3.05, 3.63) is 58.4 Å². The lowest BCUT2D eigenvalue weighted by atomic mass is 9.48. The topological polar surface area (TPSA) is 57.8 Å². The molecular weight excluding hydrogens is 406 g/mol. The average molecular weight is 442 g/mol. The summed E-state index contributed by atoms with van der Waals surface area (Å²) in [6, 6.07) is 13.4. The minimum absolute atomic E-state index is 0.00540. The molecule has 0 saturated heterocycles. The summed E-state index contributed by atoms with van der Waals surface area (Å²) in [6.07, 6.45) is 10.2. The molecule has 4 bridgehead atoms. The van der Waals surface area contributed by atoms with E-state index >= 15 is 0 Å². The number of nitrogens with one attached hydrogen (secondary N) is 1. The van der Waals surface area contributed by atoms with Crippen molar-refractivity contribution in [2.24, 2.45) is 17.8 Å². The minimum Gasteiger partial charge on any atom is -0.349 e. The summed E-state index contributed by atoms with van der Waals surface area (Å²) in [7, 11) is 0. The largest absolute Gasteiger partial charge is 0.349 e. The van der Waals surface area contributed by atoms with Crippen LogP contribution in [-0.4, -0.2) is 16.5 Å². The zero-order valence-electron chi connectivity index (χ0n) is 20.3. The quantitative estimate of drug-likeness (QED) is 0.457. The van der Waals surface area contributed by atoms with Gasteiger partial charge in [0.15, 0.2) is 0 Å². The van der Waals surface area contributed by atoms with E-state index in [1.807, 2.05) is 13.8 Å². The minimum atomic E-state index is -0.322. The first-order valence-electron chi connectivity index (χ1n) is 12.5. The molecular formula is C29H35N3O. The van der Waals surface area contributed by atoms with Gasteiger partial charge in [0.2, 0.25) is 0 Å². The van der Waals surface area contributed by atoms with E-state index in [0.29, 0.717) is 5.41 Å². The molecule has 4 aliphatic rings. The van der Waals surface area contributed by atoms with Crippen LogP contribution in [0.4, 0.5) is 0 Å². The molecule has 1 aromatic carbocycles. The van der Waals surface area contributed by atoms with E-state index in [9.17, 15) is 10.1 Å². The van der Waals surface area contributed by atoms with Crippen molar-refractivity contribution >= 4 is 12.0 Å². The summed E-state index contributed by atoms with van der Waals surface area (Å²) < 4.78 is 2.23. The Morgan fingerprint density at radius 1 is 1.09 bits per heavy atom. The van der Waals surface area contributed by atoms with Crippen LogP contribution in [0.15, 0.2) is 35.9 Å². The Balaban J connectivity index is 1.43. The van der Waals surface area contributed by atoms with E-state index in [4.69, 9.17) is 0 Å². The molecule has 6 rings (SSSR count). The van der Waals surface area contributed by atoms with Crippen LogP contribution < -0.4 is 5.32 Å². The maximum Gasteiger partial charge on any atom is 0.262 e. The molecule has 0 aliphatic heterocycles. The molecule has 172 valence electrons. The third-order valence-corrected chi connectivity index (χ3v) is 8.33. The number of amides is 1. The first-order chi connectivity index (χ1) is 15.8. The van der Waals surface area contributed by atoms with Crippen molar-refractivity contribution in [2.75, 3.05) is 0 Å². The Bertz CT molecular complexity index is 1110. The maximum absolute atomic E-state index is 12.4. The van der Waals surface area contributed by atoms with Gasteiger partial charge in [-0.2, -0.15) is 5.26 Å². The van der Waals surface area contributed by atoms with Crippen LogP contribution in [0.1, 0.15) is 74.9 Å². The molecule has 0 spiro atoms. The lowest BCUT2D eigenvalue weighted by molar-refractivity contribution is -0.117. The van der Waals surface area contributed by atoms with Crippen LogP contribution in [0.25, 0.3) is 11.8 Å². The fraction of sp³-hybridized carbons (Fsp3) is 0.517. The third-order valence-electron chi connectivity index (χ3n) is 8.33. The molecule has 0 radical (unpaired) electrons. The summed E-state index contributed by atoms with van der Waals surface area (Å²) in [5.41, 5.74) is 6.28. The molecule has 1 N–H and O–H groups in total. The molecule has 1 heterocycles. The van der Waals surface area contributed by atoms with Gasteiger partial charge in [0.05, 0.1) is 0 Å². The standard InChI is InChI=1S/C29H35N3O/c1-18(2)31-28(33)25(17-30)13-24-9-19(3)32(20(24)4)27-7-5-26(6-8-27)29-14-21-10-22(15-29)12-23(11-21)16-29/h5-9,13,18,21-23H,10-12,14-16H2,1-4H3,(H,31,33)/b25-13+. The summed E-state index contributed by atoms with van der Waals surface area (Å²) in [5, 5.41) is 12.3. The van der Waals surface area contributed by atoms with Crippen molar-refractivity contribution in [3.63, 3.8) is 0 Å². The summed E-state index contributed by atoms with van der Waals surface area (Å²) in [4.78, 5) is 12.4. The van der Waals surface area contributed by atoms with Gasteiger partial charge in [-0.1, -0.05) is 12.1 Å². The molecule has 4 saturated carbocycles. The number of carbonyl (C=O) groups is 1. The van der Waals surface area contributed by atoms with Gasteiger partial charge in [-0.25, -0.2) is 0 Å². The van der Waals surface area contributed by atoms with Gasteiger partial charge < -0.3 is 9.88 Å². The van der Waals surface area contributed by atoms with E-state index in [-0.39, 0.29) is 17.5 Å². The van der Waals surface area contributed by atoms with Crippen LogP contribution in [0.3, 0.4) is 0 Å². The van der Waals surface area contributed by atoms with Crippen LogP contribution in [0.2, 0.25) is 0 Å². The second-order valence-electron chi connectivity index (χ2n) is 11.2. The number of nitrogens with zero attached hydrogens (tertiary/aromatic N) is 2. The number of hydrogen-bond donors (Lipinski definition) is 1. The molecule has 1 amide bonds. The Labute approximate surface area is 197 Å². The van der Waals surface area contributed by atoms with Crippen molar-refractivity contribution in [1.82, 2.24) is 9.88 Å². The van der Waals surface area contributed by atoms with E-state index in [2.05, 4.69) is 60.1 Å². The van der Waals surface area contributed by atoms with Gasteiger partial charge in [-0.05, 0) is 125 Å². The fourth-order valence-corrected chi connectivity index (χ4v) is 7.40. The molecule has 4 aliphatic carbocycles. The first-order valence-corrected chi connectivity index (χ1v) is 12.5. The second kappa shape index (κ2) is 8.20. The highest BCUT2D eigenvalue weighted by Crippen LogP contribution is 2.60. The molecule has 1 aromatic heterocycles. The van der Waals surface area contributed by atoms with Gasteiger partial charge in [0, 0.05) is 23.1 Å². The highest BCUT2D eigenvalue weighted by Gasteiger charge is 2.51. The Morgan fingerprint density at radius 3 is 2.18 bits per heavy atom. The number of hydrogen-bond acceptors (Lipinski definition) is 2. The van der Waals surface area contributed by atoms with Gasteiger partial charge in [0.1, 0.15) is 11.6 Å². The summed E-state index contributed by atoms with van der Waals surface area (Å²) >= 11 is 0. The smallest absolute Gasteiger partial charge is 0.262 e. The van der Waals surface area contributed by atoms with Crippen molar-refractivity contribution in [2.45, 2.75) is 77.7 Å². The molecule has 33 heavy (non-hydrogen) atoms. The SMILES string of the molecule is Cc1cc(/C=C(\C#N)C(=O)NC(C)C)c(C)n1-c1ccc(C23CC4CC(CC(C4)C2)C3)cc1. The Kier molecular flexibility index (Phi) is 5.47. The van der Waals surface area contributed by atoms with Gasteiger partial charge in [-0.3, -0.25) is 4.79 Å². The molecule has 4 heteroatoms. The first kappa shape index (κ1) is 22.0. The monoisotopic (exact) mass is 441 g/mol.